The van der Waals surface area contributed by atoms with Crippen LogP contribution in [0.15, 0.2) is 0 Å². The molecule has 0 aromatic heterocycles. The van der Waals surface area contributed by atoms with Gasteiger partial charge in [0.15, 0.2) is 0 Å². The van der Waals surface area contributed by atoms with Crippen molar-refractivity contribution in [1.82, 2.24) is 0 Å². The summed E-state index contributed by atoms with van der Waals surface area (Å²) in [7, 11) is 0. The van der Waals surface area contributed by atoms with Gasteiger partial charge in [0.05, 0.1) is 0 Å². The van der Waals surface area contributed by atoms with Crippen LogP contribution < -0.4 is 0 Å². The van der Waals surface area contributed by atoms with E-state index in [1.165, 1.54) is 0 Å². The summed E-state index contributed by atoms with van der Waals surface area (Å²) in [5.74, 6) is 0. The van der Waals surface area contributed by atoms with Crippen LogP contribution in [-0.4, -0.2) is 0 Å². The van der Waals surface area contributed by atoms with Gasteiger partial charge in [0.2, 0.25) is 0 Å². The molecule has 0 spiro atoms. The molecule has 0 nitrogen and oxygen atoms in total. The van der Waals surface area contributed by atoms with E-state index in [0.717, 1.165) is 0 Å². The zero-order valence-corrected chi connectivity index (χ0v) is 15.4. The van der Waals surface area contributed by atoms with Gasteiger partial charge in [0.25, 0.3) is 0 Å². The first-order valence-electron chi connectivity index (χ1n) is 0. The molecule has 0 heterocycles. The molecule has 4 heteroatoms. The maximum Gasteiger partial charge on any atom is 0 e. The van der Waals surface area contributed by atoms with Gasteiger partial charge in [-0.2, -0.15) is 27.0 Å². The Labute approximate surface area is 81.0 Å². The Morgan fingerprint density at radius 2 is 0.500 bits per heavy atom. The van der Waals surface area contributed by atoms with Gasteiger partial charge in [0, 0.05) is 55.3 Å². The molecule has 0 saturated carbocycles. The molecule has 0 saturated heterocycles. The molecule has 0 aliphatic carbocycles. The summed E-state index contributed by atoms with van der Waals surface area (Å²) in [5.41, 5.74) is 0. The molecule has 0 aliphatic heterocycles. The summed E-state index contributed by atoms with van der Waals surface area (Å²) in [5, 5.41) is 0. The third kappa shape index (κ3) is 8.82. The molecule has 0 bridgehead atoms. The number of hydrogen-bond acceptors (Lipinski definition) is 0. The second-order valence-electron chi connectivity index (χ2n) is 0. The van der Waals surface area contributed by atoms with Gasteiger partial charge in [-0.25, -0.2) is 0 Å². The molecule has 0 aliphatic rings. The molecule has 4 heavy (non-hydrogen) atoms. The third-order valence-corrected chi connectivity index (χ3v) is 0. The van der Waals surface area contributed by atoms with Gasteiger partial charge in [-0.3, -0.25) is 0 Å². The molecule has 0 N–H and O–H groups in total. The van der Waals surface area contributed by atoms with Crippen LogP contribution in [0.2, 0.25) is 0 Å². The molecule has 0 amide bonds. The van der Waals surface area contributed by atoms with Crippen LogP contribution in [0.4, 0.5) is 0 Å². The maximum atomic E-state index is 0. The number of rotatable bonds is 0. The quantitative estimate of drug-likeness (QED) is 0.446. The van der Waals surface area contributed by atoms with Crippen molar-refractivity contribution in [1.29, 1.82) is 0 Å². The zero-order chi connectivity index (χ0) is 0. The first kappa shape index (κ1) is 30.9. The first-order chi connectivity index (χ1) is 0. The topological polar surface area (TPSA) is 0 Å². The fourth-order valence-corrected chi connectivity index (χ4v) is 0. The average molecular weight is 469 g/mol. The van der Waals surface area contributed by atoms with Crippen molar-refractivity contribution < 1.29 is 55.3 Å². The molecule has 20 valence electrons. The normalized spacial score (nSPS) is 0. The molecule has 0 fully saturated rings. The third-order valence-electron chi connectivity index (χ3n) is 0. The van der Waals surface area contributed by atoms with E-state index in [1.807, 2.05) is 0 Å². The van der Waals surface area contributed by atoms with E-state index in [4.69, 9.17) is 0 Å². The summed E-state index contributed by atoms with van der Waals surface area (Å²) >= 11 is 0. The Kier molecular flexibility index (Phi) is 136. The van der Waals surface area contributed by atoms with Crippen LogP contribution in [0.25, 0.3) is 0 Å². The minimum atomic E-state index is 0. The van der Waals surface area contributed by atoms with Crippen LogP contribution in [-0.2, 0) is 55.3 Å². The molecule has 0 atom stereocenters. The summed E-state index contributed by atoms with van der Waals surface area (Å²) < 4.78 is 0. The molecule has 0 aromatic carbocycles. The van der Waals surface area contributed by atoms with E-state index in [2.05, 4.69) is 0 Å². The summed E-state index contributed by atoms with van der Waals surface area (Å²) in [6.45, 7) is 0. The standard InChI is InChI=1S/2Hg.2H2S/h;;2*1H2. The molecule has 0 unspecified atom stereocenters. The fourth-order valence-electron chi connectivity index (χ4n) is 0. The van der Waals surface area contributed by atoms with Crippen molar-refractivity contribution in [3.63, 3.8) is 0 Å². The number of hydrogen-bond donors (Lipinski definition) is 0. The van der Waals surface area contributed by atoms with Crippen molar-refractivity contribution in [3.05, 3.63) is 0 Å². The maximum absolute atomic E-state index is 0. The Bertz CT molecular complexity index is 4.00. The van der Waals surface area contributed by atoms with E-state index in [0.29, 0.717) is 0 Å². The van der Waals surface area contributed by atoms with E-state index >= 15 is 0 Å². The molecular weight excluding hydrogens is 465 g/mol. The van der Waals surface area contributed by atoms with Crippen molar-refractivity contribution in [3.8, 4) is 0 Å². The Hall–Kier alpha value is 2.57. The van der Waals surface area contributed by atoms with Gasteiger partial charge in [-0.05, 0) is 0 Å². The predicted octanol–water partition coefficient (Wildman–Crippen LogP) is 0.221. The van der Waals surface area contributed by atoms with Crippen LogP contribution >= 0.6 is 27.0 Å². The second-order valence-corrected chi connectivity index (χ2v) is 0. The minimum Gasteiger partial charge on any atom is -0.197 e. The molecular formula is H4Hg2S2. The summed E-state index contributed by atoms with van der Waals surface area (Å²) in [6.07, 6.45) is 0. The van der Waals surface area contributed by atoms with Crippen molar-refractivity contribution in [2.24, 2.45) is 0 Å². The van der Waals surface area contributed by atoms with Gasteiger partial charge in [0.1, 0.15) is 0 Å². The van der Waals surface area contributed by atoms with Crippen LogP contribution in [0, 0.1) is 0 Å². The fraction of sp³-hybridized carbons (Fsp3) is 0. The Morgan fingerprint density at radius 3 is 0.500 bits per heavy atom. The molecule has 0 rings (SSSR count). The van der Waals surface area contributed by atoms with Gasteiger partial charge >= 0.3 is 0 Å². The van der Waals surface area contributed by atoms with Crippen molar-refractivity contribution in [2.45, 2.75) is 0 Å². The van der Waals surface area contributed by atoms with Crippen LogP contribution in [0.3, 0.4) is 0 Å². The minimum absolute atomic E-state index is 0. The SMILES string of the molecule is S.S.[Hg].[Hg]. The first-order valence-corrected chi connectivity index (χ1v) is 0. The van der Waals surface area contributed by atoms with Crippen molar-refractivity contribution >= 4 is 27.0 Å². The monoisotopic (exact) mass is 472 g/mol. The Morgan fingerprint density at radius 1 is 0.500 bits per heavy atom. The van der Waals surface area contributed by atoms with E-state index in [1.54, 1.807) is 0 Å². The van der Waals surface area contributed by atoms with Crippen LogP contribution in [0.1, 0.15) is 0 Å². The summed E-state index contributed by atoms with van der Waals surface area (Å²) in [6, 6.07) is 0. The second kappa shape index (κ2) is 17.6. The Balaban J connectivity index is 0. The van der Waals surface area contributed by atoms with E-state index < -0.39 is 0 Å². The smallest absolute Gasteiger partial charge is 0 e. The predicted molar refractivity (Wildman–Crippen MR) is 20.8 cm³/mol. The van der Waals surface area contributed by atoms with Crippen LogP contribution in [0.5, 0.6) is 0 Å². The summed E-state index contributed by atoms with van der Waals surface area (Å²) in [4.78, 5) is 0. The van der Waals surface area contributed by atoms with E-state index in [9.17, 15) is 0 Å². The van der Waals surface area contributed by atoms with Crippen molar-refractivity contribution in [2.75, 3.05) is 0 Å². The largest absolute Gasteiger partial charge is 0.197 e. The van der Waals surface area contributed by atoms with Gasteiger partial charge < -0.3 is 0 Å². The zero-order valence-electron chi connectivity index (χ0n) is 2.41. The van der Waals surface area contributed by atoms with Gasteiger partial charge in [-0.15, -0.1) is 0 Å². The average Bonchev–Trinajstić information content (AvgIpc) is 0. The van der Waals surface area contributed by atoms with E-state index in [-0.39, 0.29) is 82.3 Å². The molecule has 0 radical (unpaired) electrons. The molecule has 0 aromatic rings. The van der Waals surface area contributed by atoms with Gasteiger partial charge in [-0.1, -0.05) is 0 Å².